The van der Waals surface area contributed by atoms with E-state index in [9.17, 15) is 0 Å². The zero-order valence-electron chi connectivity index (χ0n) is 9.43. The minimum atomic E-state index is -0.0727. The Balaban J connectivity index is 3.25. The van der Waals surface area contributed by atoms with Crippen molar-refractivity contribution in [3.05, 3.63) is 29.3 Å². The van der Waals surface area contributed by atoms with Gasteiger partial charge in [0, 0.05) is 0 Å². The van der Waals surface area contributed by atoms with Gasteiger partial charge in [0.1, 0.15) is 11.5 Å². The molecule has 0 saturated heterocycles. The Morgan fingerprint density at radius 3 is 2.06 bits per heavy atom. The van der Waals surface area contributed by atoms with E-state index < -0.39 is 0 Å². The summed E-state index contributed by atoms with van der Waals surface area (Å²) in [7, 11) is 3.10. The predicted octanol–water partition coefficient (Wildman–Crippen LogP) is 1.20. The summed E-state index contributed by atoms with van der Waals surface area (Å²) in [5.74, 6) is 1.21. The van der Waals surface area contributed by atoms with Crippen molar-refractivity contribution in [2.24, 2.45) is 0 Å². The maximum atomic E-state index is 9.08. The van der Waals surface area contributed by atoms with Gasteiger partial charge >= 0.3 is 0 Å². The van der Waals surface area contributed by atoms with Gasteiger partial charge in [-0.25, -0.2) is 0 Å². The third kappa shape index (κ3) is 2.74. The highest BCUT2D eigenvalue weighted by Crippen LogP contribution is 2.31. The van der Waals surface area contributed by atoms with Crippen molar-refractivity contribution in [3.8, 4) is 11.5 Å². The second kappa shape index (κ2) is 6.15. The number of benzene rings is 1. The molecule has 0 heterocycles. The van der Waals surface area contributed by atoms with Crippen molar-refractivity contribution >= 4 is 6.08 Å². The molecule has 0 aliphatic heterocycles. The Kier molecular flexibility index (Phi) is 4.82. The Morgan fingerprint density at radius 1 is 1.12 bits per heavy atom. The molecule has 0 radical (unpaired) electrons. The Morgan fingerprint density at radius 2 is 1.69 bits per heavy atom. The molecule has 0 aliphatic rings. The van der Waals surface area contributed by atoms with Gasteiger partial charge in [0.2, 0.25) is 0 Å². The Labute approximate surface area is 94.7 Å². The lowest BCUT2D eigenvalue weighted by Crippen LogP contribution is -1.96. The number of hydrogen-bond acceptors (Lipinski definition) is 4. The molecule has 2 N–H and O–H groups in total. The van der Waals surface area contributed by atoms with Crippen LogP contribution in [0.3, 0.4) is 0 Å². The van der Waals surface area contributed by atoms with E-state index in [0.29, 0.717) is 11.5 Å². The molecular weight excluding hydrogens is 208 g/mol. The third-order valence-electron chi connectivity index (χ3n) is 2.18. The topological polar surface area (TPSA) is 58.9 Å². The van der Waals surface area contributed by atoms with Crippen LogP contribution in [-0.2, 0) is 6.61 Å². The lowest BCUT2D eigenvalue weighted by molar-refractivity contribution is 0.280. The van der Waals surface area contributed by atoms with E-state index >= 15 is 0 Å². The van der Waals surface area contributed by atoms with Crippen LogP contribution < -0.4 is 9.47 Å². The molecule has 0 atom stereocenters. The summed E-state index contributed by atoms with van der Waals surface area (Å²) < 4.78 is 10.4. The van der Waals surface area contributed by atoms with Crippen molar-refractivity contribution in [2.45, 2.75) is 6.61 Å². The van der Waals surface area contributed by atoms with Crippen molar-refractivity contribution in [2.75, 3.05) is 20.8 Å². The lowest BCUT2D eigenvalue weighted by atomic mass is 10.1. The highest BCUT2D eigenvalue weighted by Gasteiger charge is 2.09. The molecule has 0 fully saturated rings. The molecule has 4 nitrogen and oxygen atoms in total. The summed E-state index contributed by atoms with van der Waals surface area (Å²) in [5, 5.41) is 17.8. The molecule has 4 heteroatoms. The average Bonchev–Trinajstić information content (AvgIpc) is 2.35. The second-order valence-corrected chi connectivity index (χ2v) is 3.16. The number of hydrogen-bond donors (Lipinski definition) is 2. The molecular formula is C12H16O4. The highest BCUT2D eigenvalue weighted by molar-refractivity contribution is 5.65. The van der Waals surface area contributed by atoms with Gasteiger partial charge < -0.3 is 19.7 Å². The maximum Gasteiger partial charge on any atom is 0.130 e. The van der Waals surface area contributed by atoms with Crippen LogP contribution in [0, 0.1) is 0 Å². The summed E-state index contributed by atoms with van der Waals surface area (Å²) in [5.41, 5.74) is 1.46. The second-order valence-electron chi connectivity index (χ2n) is 3.16. The van der Waals surface area contributed by atoms with Crippen molar-refractivity contribution in [1.82, 2.24) is 0 Å². The predicted molar refractivity (Wildman–Crippen MR) is 61.6 cm³/mol. The molecule has 0 spiro atoms. The molecule has 1 aromatic rings. The number of methoxy groups -OCH3 is 2. The smallest absolute Gasteiger partial charge is 0.130 e. The lowest BCUT2D eigenvalue weighted by Gasteiger charge is -2.12. The Bertz CT molecular complexity index is 346. The minimum Gasteiger partial charge on any atom is -0.496 e. The molecule has 0 unspecified atom stereocenters. The Hall–Kier alpha value is -1.52. The molecule has 0 amide bonds. The van der Waals surface area contributed by atoms with Gasteiger partial charge in [0.15, 0.2) is 0 Å². The normalized spacial score (nSPS) is 10.8. The first-order chi connectivity index (χ1) is 7.76. The van der Waals surface area contributed by atoms with E-state index in [-0.39, 0.29) is 13.2 Å². The van der Waals surface area contributed by atoms with Crippen LogP contribution in [0.4, 0.5) is 0 Å². The van der Waals surface area contributed by atoms with Gasteiger partial charge in [-0.05, 0) is 23.8 Å². The molecule has 88 valence electrons. The van der Waals surface area contributed by atoms with Gasteiger partial charge in [-0.2, -0.15) is 0 Å². The number of aliphatic hydroxyl groups is 2. The summed E-state index contributed by atoms with van der Waals surface area (Å²) in [6, 6.07) is 3.47. The van der Waals surface area contributed by atoms with E-state index in [1.165, 1.54) is 0 Å². The SMILES string of the molecule is COc1cc(CO)cc(OC)c1C=CCO. The van der Waals surface area contributed by atoms with E-state index in [1.54, 1.807) is 38.5 Å². The largest absolute Gasteiger partial charge is 0.496 e. The fraction of sp³-hybridized carbons (Fsp3) is 0.333. The van der Waals surface area contributed by atoms with Gasteiger partial charge in [-0.1, -0.05) is 6.08 Å². The van der Waals surface area contributed by atoms with Crippen LogP contribution in [0.5, 0.6) is 11.5 Å². The highest BCUT2D eigenvalue weighted by atomic mass is 16.5. The maximum absolute atomic E-state index is 9.08. The molecule has 0 aliphatic carbocycles. The van der Waals surface area contributed by atoms with Crippen molar-refractivity contribution in [3.63, 3.8) is 0 Å². The molecule has 0 saturated carbocycles. The first kappa shape index (κ1) is 12.5. The first-order valence-corrected chi connectivity index (χ1v) is 4.90. The quantitative estimate of drug-likeness (QED) is 0.789. The molecule has 0 aromatic heterocycles. The summed E-state index contributed by atoms with van der Waals surface area (Å²) in [6.45, 7) is -0.120. The minimum absolute atomic E-state index is 0.0476. The number of aliphatic hydroxyl groups excluding tert-OH is 2. The van der Waals surface area contributed by atoms with Crippen LogP contribution in [0.1, 0.15) is 11.1 Å². The number of ether oxygens (including phenoxy) is 2. The van der Waals surface area contributed by atoms with Gasteiger partial charge in [-0.15, -0.1) is 0 Å². The van der Waals surface area contributed by atoms with Crippen LogP contribution in [0.2, 0.25) is 0 Å². The van der Waals surface area contributed by atoms with E-state index in [0.717, 1.165) is 11.1 Å². The van der Waals surface area contributed by atoms with Crippen LogP contribution in [0.15, 0.2) is 18.2 Å². The number of rotatable bonds is 5. The summed E-state index contributed by atoms with van der Waals surface area (Å²) >= 11 is 0. The van der Waals surface area contributed by atoms with Gasteiger partial charge in [-0.3, -0.25) is 0 Å². The zero-order valence-corrected chi connectivity index (χ0v) is 9.43. The third-order valence-corrected chi connectivity index (χ3v) is 2.18. The molecule has 16 heavy (non-hydrogen) atoms. The van der Waals surface area contributed by atoms with Crippen molar-refractivity contribution < 1.29 is 19.7 Å². The van der Waals surface area contributed by atoms with Crippen LogP contribution in [0.25, 0.3) is 6.08 Å². The van der Waals surface area contributed by atoms with Gasteiger partial charge in [0.05, 0.1) is 33.0 Å². The summed E-state index contributed by atoms with van der Waals surface area (Å²) in [6.07, 6.45) is 3.32. The molecule has 0 bridgehead atoms. The van der Waals surface area contributed by atoms with Crippen LogP contribution in [-0.4, -0.2) is 31.0 Å². The summed E-state index contributed by atoms with van der Waals surface area (Å²) in [4.78, 5) is 0. The molecule has 1 aromatic carbocycles. The van der Waals surface area contributed by atoms with E-state index in [4.69, 9.17) is 19.7 Å². The van der Waals surface area contributed by atoms with Crippen molar-refractivity contribution in [1.29, 1.82) is 0 Å². The van der Waals surface area contributed by atoms with Gasteiger partial charge in [0.25, 0.3) is 0 Å². The van der Waals surface area contributed by atoms with E-state index in [2.05, 4.69) is 0 Å². The van der Waals surface area contributed by atoms with Crippen LogP contribution >= 0.6 is 0 Å². The molecule has 1 rings (SSSR count). The average molecular weight is 224 g/mol. The zero-order chi connectivity index (χ0) is 12.0. The first-order valence-electron chi connectivity index (χ1n) is 4.90. The fourth-order valence-electron chi connectivity index (χ4n) is 1.42. The van der Waals surface area contributed by atoms with E-state index in [1.807, 2.05) is 0 Å². The fourth-order valence-corrected chi connectivity index (χ4v) is 1.42. The standard InChI is InChI=1S/C12H16O4/c1-15-11-6-9(8-14)7-12(16-2)10(11)4-3-5-13/h3-4,6-7,13-14H,5,8H2,1-2H3. The monoisotopic (exact) mass is 224 g/mol.